The number of benzene rings is 2. The minimum atomic E-state index is 0.293. The zero-order chi connectivity index (χ0) is 12.3. The van der Waals surface area contributed by atoms with Crippen LogP contribution in [0.2, 0.25) is 0 Å². The van der Waals surface area contributed by atoms with Crippen LogP contribution in [0.4, 0.5) is 0 Å². The van der Waals surface area contributed by atoms with Gasteiger partial charge in [0.05, 0.1) is 0 Å². The Kier molecular flexibility index (Phi) is 3.24. The molecule has 2 heteroatoms. The molecular weight excluding hydrogens is 210 g/mol. The number of hydrogen-bond acceptors (Lipinski definition) is 2. The van der Waals surface area contributed by atoms with Gasteiger partial charge in [0.25, 0.3) is 0 Å². The summed E-state index contributed by atoms with van der Waals surface area (Å²) in [4.78, 5) is 3.98. The second kappa shape index (κ2) is 4.83. The predicted molar refractivity (Wildman–Crippen MR) is 71.8 cm³/mol. The molecule has 0 saturated carbocycles. The molecule has 0 amide bonds. The molecule has 86 valence electrons. The van der Waals surface area contributed by atoms with Gasteiger partial charge in [-0.25, -0.2) is 0 Å². The molecule has 2 nitrogen and oxygen atoms in total. The SMILES string of the molecule is CN=Cc1c(C)ccc(-c2ccccc2)c1O. The van der Waals surface area contributed by atoms with E-state index in [4.69, 9.17) is 0 Å². The fourth-order valence-corrected chi connectivity index (χ4v) is 1.85. The standard InChI is InChI=1S/C15H15NO/c1-11-8-9-13(12-6-4-3-5-7-12)15(17)14(11)10-16-2/h3-10,17H,1-2H3. The second-order valence-electron chi connectivity index (χ2n) is 3.95. The van der Waals surface area contributed by atoms with Crippen LogP contribution in [0.1, 0.15) is 11.1 Å². The van der Waals surface area contributed by atoms with Crippen LogP contribution in [0.5, 0.6) is 5.75 Å². The Morgan fingerprint density at radius 1 is 1.06 bits per heavy atom. The summed E-state index contributed by atoms with van der Waals surface area (Å²) in [5, 5.41) is 10.3. The molecule has 2 rings (SSSR count). The summed E-state index contributed by atoms with van der Waals surface area (Å²) >= 11 is 0. The van der Waals surface area contributed by atoms with E-state index >= 15 is 0 Å². The molecule has 0 spiro atoms. The number of hydrogen-bond donors (Lipinski definition) is 1. The van der Waals surface area contributed by atoms with Crippen LogP contribution in [0.15, 0.2) is 47.5 Å². The highest BCUT2D eigenvalue weighted by Crippen LogP contribution is 2.32. The molecule has 0 bridgehead atoms. The highest BCUT2D eigenvalue weighted by Gasteiger charge is 2.09. The molecule has 0 aromatic heterocycles. The van der Waals surface area contributed by atoms with Crippen molar-refractivity contribution >= 4 is 6.21 Å². The van der Waals surface area contributed by atoms with Crippen molar-refractivity contribution in [1.29, 1.82) is 0 Å². The van der Waals surface area contributed by atoms with Gasteiger partial charge < -0.3 is 5.11 Å². The Morgan fingerprint density at radius 3 is 2.41 bits per heavy atom. The van der Waals surface area contributed by atoms with E-state index in [9.17, 15) is 5.11 Å². The van der Waals surface area contributed by atoms with Gasteiger partial charge in [0.2, 0.25) is 0 Å². The van der Waals surface area contributed by atoms with E-state index in [1.54, 1.807) is 13.3 Å². The Morgan fingerprint density at radius 2 is 1.76 bits per heavy atom. The van der Waals surface area contributed by atoms with Crippen molar-refractivity contribution in [3.05, 3.63) is 53.6 Å². The number of aliphatic imine (C=N–C) groups is 1. The molecule has 0 saturated heterocycles. The number of aromatic hydroxyl groups is 1. The maximum absolute atomic E-state index is 10.3. The summed E-state index contributed by atoms with van der Waals surface area (Å²) in [6, 6.07) is 13.8. The van der Waals surface area contributed by atoms with Crippen LogP contribution in [-0.4, -0.2) is 18.4 Å². The van der Waals surface area contributed by atoms with Crippen LogP contribution >= 0.6 is 0 Å². The summed E-state index contributed by atoms with van der Waals surface area (Å²) in [5.41, 5.74) is 3.66. The van der Waals surface area contributed by atoms with Gasteiger partial charge in [0.1, 0.15) is 5.75 Å². The first-order chi connectivity index (χ1) is 8.24. The molecule has 0 aliphatic carbocycles. The number of aryl methyl sites for hydroxylation is 1. The maximum atomic E-state index is 10.3. The molecule has 2 aromatic rings. The lowest BCUT2D eigenvalue weighted by molar-refractivity contribution is 0.476. The molecule has 1 N–H and O–H groups in total. The van der Waals surface area contributed by atoms with Gasteiger partial charge in [0, 0.05) is 24.4 Å². The van der Waals surface area contributed by atoms with Gasteiger partial charge in [-0.1, -0.05) is 42.5 Å². The molecule has 0 fully saturated rings. The lowest BCUT2D eigenvalue weighted by Gasteiger charge is -2.09. The number of phenols is 1. The summed E-state index contributed by atoms with van der Waals surface area (Å²) in [6.07, 6.45) is 1.69. The summed E-state index contributed by atoms with van der Waals surface area (Å²) in [7, 11) is 1.70. The average molecular weight is 225 g/mol. The minimum Gasteiger partial charge on any atom is -0.507 e. The van der Waals surface area contributed by atoms with Crippen LogP contribution in [0, 0.1) is 6.92 Å². The largest absolute Gasteiger partial charge is 0.507 e. The first-order valence-corrected chi connectivity index (χ1v) is 5.54. The van der Waals surface area contributed by atoms with Crippen molar-refractivity contribution in [1.82, 2.24) is 0 Å². The second-order valence-corrected chi connectivity index (χ2v) is 3.95. The van der Waals surface area contributed by atoms with Gasteiger partial charge in [-0.2, -0.15) is 0 Å². The zero-order valence-corrected chi connectivity index (χ0v) is 10.0. The van der Waals surface area contributed by atoms with Crippen molar-refractivity contribution in [2.24, 2.45) is 4.99 Å². The third-order valence-corrected chi connectivity index (χ3v) is 2.78. The fourth-order valence-electron chi connectivity index (χ4n) is 1.85. The highest BCUT2D eigenvalue weighted by molar-refractivity contribution is 5.90. The predicted octanol–water partition coefficient (Wildman–Crippen LogP) is 3.42. The van der Waals surface area contributed by atoms with Gasteiger partial charge in [-0.15, -0.1) is 0 Å². The molecule has 17 heavy (non-hydrogen) atoms. The van der Waals surface area contributed by atoms with Gasteiger partial charge in [-0.3, -0.25) is 4.99 Å². The summed E-state index contributed by atoms with van der Waals surface area (Å²) in [6.45, 7) is 1.96. The Labute approximate surface area is 101 Å². The van der Waals surface area contributed by atoms with Gasteiger partial charge >= 0.3 is 0 Å². The first-order valence-electron chi connectivity index (χ1n) is 5.54. The van der Waals surface area contributed by atoms with E-state index < -0.39 is 0 Å². The van der Waals surface area contributed by atoms with Crippen LogP contribution < -0.4 is 0 Å². The first kappa shape index (κ1) is 11.4. The van der Waals surface area contributed by atoms with Gasteiger partial charge in [0.15, 0.2) is 0 Å². The molecule has 2 aromatic carbocycles. The smallest absolute Gasteiger partial charge is 0.132 e. The normalized spacial score (nSPS) is 10.9. The quantitative estimate of drug-likeness (QED) is 0.780. The van der Waals surface area contributed by atoms with E-state index in [1.165, 1.54) is 0 Å². The van der Waals surface area contributed by atoms with Gasteiger partial charge in [-0.05, 0) is 18.1 Å². The Hall–Kier alpha value is -2.09. The fraction of sp³-hybridized carbons (Fsp3) is 0.133. The van der Waals surface area contributed by atoms with Crippen molar-refractivity contribution in [2.75, 3.05) is 7.05 Å². The molecule has 0 radical (unpaired) electrons. The van der Waals surface area contributed by atoms with Crippen molar-refractivity contribution in [3.63, 3.8) is 0 Å². The van der Waals surface area contributed by atoms with Crippen molar-refractivity contribution < 1.29 is 5.11 Å². The molecule has 0 atom stereocenters. The lowest BCUT2D eigenvalue weighted by atomic mass is 9.98. The topological polar surface area (TPSA) is 32.6 Å². The molecule has 0 heterocycles. The monoisotopic (exact) mass is 225 g/mol. The van der Waals surface area contributed by atoms with Crippen LogP contribution in [-0.2, 0) is 0 Å². The van der Waals surface area contributed by atoms with E-state index in [0.717, 1.165) is 22.3 Å². The van der Waals surface area contributed by atoms with E-state index in [2.05, 4.69) is 4.99 Å². The van der Waals surface area contributed by atoms with E-state index in [-0.39, 0.29) is 0 Å². The summed E-state index contributed by atoms with van der Waals surface area (Å²) in [5.74, 6) is 0.293. The molecular formula is C15H15NO. The zero-order valence-electron chi connectivity index (χ0n) is 10.0. The third kappa shape index (κ3) is 2.21. The average Bonchev–Trinajstić information content (AvgIpc) is 2.36. The van der Waals surface area contributed by atoms with Crippen molar-refractivity contribution in [3.8, 4) is 16.9 Å². The van der Waals surface area contributed by atoms with Crippen LogP contribution in [0.25, 0.3) is 11.1 Å². The number of nitrogens with zero attached hydrogens (tertiary/aromatic N) is 1. The maximum Gasteiger partial charge on any atom is 0.132 e. The molecule has 0 aliphatic heterocycles. The third-order valence-electron chi connectivity index (χ3n) is 2.78. The Balaban J connectivity index is 2.61. The number of phenolic OH excluding ortho intramolecular Hbond substituents is 1. The molecule has 0 unspecified atom stereocenters. The highest BCUT2D eigenvalue weighted by atomic mass is 16.3. The lowest BCUT2D eigenvalue weighted by Crippen LogP contribution is -1.91. The number of rotatable bonds is 2. The Bertz CT molecular complexity index is 544. The van der Waals surface area contributed by atoms with E-state index in [1.807, 2.05) is 49.4 Å². The van der Waals surface area contributed by atoms with Crippen LogP contribution in [0.3, 0.4) is 0 Å². The molecule has 0 aliphatic rings. The van der Waals surface area contributed by atoms with Crippen molar-refractivity contribution in [2.45, 2.75) is 6.92 Å². The minimum absolute atomic E-state index is 0.293. The van der Waals surface area contributed by atoms with E-state index in [0.29, 0.717) is 5.75 Å². The summed E-state index contributed by atoms with van der Waals surface area (Å²) < 4.78 is 0.